The summed E-state index contributed by atoms with van der Waals surface area (Å²) in [5.74, 6) is -0.396. The van der Waals surface area contributed by atoms with Gasteiger partial charge in [-0.25, -0.2) is 4.79 Å². The summed E-state index contributed by atoms with van der Waals surface area (Å²) in [7, 11) is 1.35. The second-order valence-electron chi connectivity index (χ2n) is 10.2. The summed E-state index contributed by atoms with van der Waals surface area (Å²) in [5, 5.41) is 9.98. The van der Waals surface area contributed by atoms with Crippen LogP contribution in [0.4, 0.5) is 4.79 Å². The molecule has 0 aliphatic carbocycles. The van der Waals surface area contributed by atoms with Crippen LogP contribution in [0.3, 0.4) is 0 Å². The van der Waals surface area contributed by atoms with E-state index in [0.717, 1.165) is 11.3 Å². The zero-order chi connectivity index (χ0) is 24.3. The number of nitrogens with zero attached hydrogens (tertiary/aromatic N) is 2. The molecule has 0 radical (unpaired) electrons. The normalized spacial score (nSPS) is 18.7. The van der Waals surface area contributed by atoms with Gasteiger partial charge in [0, 0.05) is 50.8 Å². The van der Waals surface area contributed by atoms with Gasteiger partial charge in [0.15, 0.2) is 14.1 Å². The van der Waals surface area contributed by atoms with Crippen LogP contribution in [0.2, 0.25) is 18.1 Å². The second-order valence-corrected chi connectivity index (χ2v) is 15.0. The van der Waals surface area contributed by atoms with Crippen molar-refractivity contribution in [1.29, 1.82) is 0 Å². The Labute approximate surface area is 191 Å². The van der Waals surface area contributed by atoms with E-state index in [1.54, 1.807) is 14.1 Å². The Kier molecular flexibility index (Phi) is 8.27. The molecule has 0 spiro atoms. The van der Waals surface area contributed by atoms with Crippen LogP contribution in [0.5, 0.6) is 0 Å². The average Bonchev–Trinajstić information content (AvgIpc) is 3.04. The van der Waals surface area contributed by atoms with E-state index >= 15 is 0 Å². The van der Waals surface area contributed by atoms with E-state index < -0.39 is 14.4 Å². The highest BCUT2D eigenvalue weighted by Crippen LogP contribution is 2.37. The first kappa shape index (κ1) is 26.1. The number of hydrogen-bond donors (Lipinski definition) is 2. The molecule has 2 amide bonds. The number of carbonyl (C=O) groups excluding carboxylic acids is 3. The molecule has 1 saturated heterocycles. The topological polar surface area (TPSA) is 114 Å². The molecule has 1 aromatic rings. The van der Waals surface area contributed by atoms with E-state index in [-0.39, 0.29) is 41.7 Å². The minimum Gasteiger partial charge on any atom is -0.449 e. The predicted octanol–water partition coefficient (Wildman–Crippen LogP) is 3.06. The van der Waals surface area contributed by atoms with Gasteiger partial charge in [0.05, 0.1) is 12.5 Å². The van der Waals surface area contributed by atoms with Gasteiger partial charge in [-0.05, 0) is 31.5 Å². The van der Waals surface area contributed by atoms with E-state index in [9.17, 15) is 14.4 Å². The lowest BCUT2D eigenvalue weighted by Crippen LogP contribution is -2.59. The molecule has 9 nitrogen and oxygen atoms in total. The highest BCUT2D eigenvalue weighted by atomic mass is 28.4. The minimum absolute atomic E-state index is 0.0318. The molecule has 2 rings (SSSR count). The Hall–Kier alpha value is -2.20. The van der Waals surface area contributed by atoms with E-state index in [4.69, 9.17) is 9.16 Å². The number of ether oxygens (including phenoxy) is 1. The van der Waals surface area contributed by atoms with E-state index in [1.807, 2.05) is 6.92 Å². The first-order valence-corrected chi connectivity index (χ1v) is 14.0. The fourth-order valence-electron chi connectivity index (χ4n) is 3.31. The summed E-state index contributed by atoms with van der Waals surface area (Å²) >= 11 is 0. The third-order valence-electron chi connectivity index (χ3n) is 6.53. The fourth-order valence-corrected chi connectivity index (χ4v) is 4.38. The molecule has 1 aliphatic rings. The number of rotatable bonds is 10. The third-order valence-corrected chi connectivity index (χ3v) is 11.1. The van der Waals surface area contributed by atoms with Crippen LogP contribution in [0.15, 0.2) is 0 Å². The Morgan fingerprint density at radius 1 is 1.19 bits per heavy atom. The monoisotopic (exact) mass is 466 g/mol. The van der Waals surface area contributed by atoms with Gasteiger partial charge in [0.25, 0.3) is 0 Å². The summed E-state index contributed by atoms with van der Waals surface area (Å²) in [6.07, 6.45) is 0.747. The summed E-state index contributed by atoms with van der Waals surface area (Å²) in [4.78, 5) is 38.0. The number of aromatic amines is 1. The lowest BCUT2D eigenvalue weighted by molar-refractivity contribution is -0.135. The first-order valence-electron chi connectivity index (χ1n) is 11.1. The van der Waals surface area contributed by atoms with Crippen molar-refractivity contribution in [1.82, 2.24) is 20.4 Å². The van der Waals surface area contributed by atoms with Crippen molar-refractivity contribution in [3.05, 3.63) is 17.0 Å². The highest BCUT2D eigenvalue weighted by Gasteiger charge is 2.42. The summed E-state index contributed by atoms with van der Waals surface area (Å²) in [5.41, 5.74) is 1.86. The van der Waals surface area contributed by atoms with Crippen molar-refractivity contribution in [2.75, 3.05) is 27.3 Å². The molecule has 0 saturated carbocycles. The number of aromatic nitrogens is 2. The Morgan fingerprint density at radius 3 is 2.41 bits per heavy atom. The molecule has 1 unspecified atom stereocenters. The van der Waals surface area contributed by atoms with Crippen molar-refractivity contribution < 1.29 is 23.5 Å². The van der Waals surface area contributed by atoms with Crippen molar-refractivity contribution >= 4 is 26.1 Å². The van der Waals surface area contributed by atoms with Gasteiger partial charge in [-0.2, -0.15) is 5.10 Å². The number of aryl methyl sites for hydroxylation is 1. The number of β-lactam (4-membered cyclic amide) rings is 1. The van der Waals surface area contributed by atoms with Crippen LogP contribution in [-0.2, 0) is 20.4 Å². The van der Waals surface area contributed by atoms with Crippen molar-refractivity contribution in [2.45, 2.75) is 71.1 Å². The van der Waals surface area contributed by atoms with Gasteiger partial charge in [0.2, 0.25) is 5.91 Å². The van der Waals surface area contributed by atoms with Crippen LogP contribution in [0, 0.1) is 12.8 Å². The molecular weight excluding hydrogens is 428 g/mol. The number of amides is 2. The lowest BCUT2D eigenvalue weighted by Gasteiger charge is -2.39. The number of hydrogen-bond acceptors (Lipinski definition) is 6. The van der Waals surface area contributed by atoms with Gasteiger partial charge in [-0.15, -0.1) is 0 Å². The SMILES string of the molecule is Cc1[nH]nc(C(=O)C[C@H]2NC(=O)C2CCO[Si](C)(C)C(C)(C)C)c1CCOC(=O)N(C)C. The van der Waals surface area contributed by atoms with E-state index in [2.05, 4.69) is 49.4 Å². The van der Waals surface area contributed by atoms with E-state index in [0.29, 0.717) is 25.1 Å². The van der Waals surface area contributed by atoms with Gasteiger partial charge in [-0.1, -0.05) is 20.8 Å². The molecule has 32 heavy (non-hydrogen) atoms. The Morgan fingerprint density at radius 2 is 1.84 bits per heavy atom. The minimum atomic E-state index is -1.87. The number of H-pyrrole nitrogens is 1. The number of nitrogens with one attached hydrogen (secondary N) is 2. The molecule has 10 heteroatoms. The summed E-state index contributed by atoms with van der Waals surface area (Å²) in [6, 6.07) is -0.213. The Balaban J connectivity index is 1.92. The van der Waals surface area contributed by atoms with Crippen LogP contribution < -0.4 is 5.32 Å². The molecule has 180 valence electrons. The van der Waals surface area contributed by atoms with Crippen LogP contribution in [0.25, 0.3) is 0 Å². The van der Waals surface area contributed by atoms with Gasteiger partial charge >= 0.3 is 6.09 Å². The van der Waals surface area contributed by atoms with Crippen molar-refractivity contribution in [2.24, 2.45) is 5.92 Å². The second kappa shape index (κ2) is 10.2. The molecule has 0 bridgehead atoms. The third kappa shape index (κ3) is 6.19. The van der Waals surface area contributed by atoms with Crippen molar-refractivity contribution in [3.63, 3.8) is 0 Å². The van der Waals surface area contributed by atoms with Crippen LogP contribution >= 0.6 is 0 Å². The maximum atomic E-state index is 12.9. The molecule has 2 heterocycles. The molecule has 1 fully saturated rings. The van der Waals surface area contributed by atoms with E-state index in [1.165, 1.54) is 4.90 Å². The van der Waals surface area contributed by atoms with Gasteiger partial charge in [-0.3, -0.25) is 14.7 Å². The average molecular weight is 467 g/mol. The van der Waals surface area contributed by atoms with Crippen molar-refractivity contribution in [3.8, 4) is 0 Å². The smallest absolute Gasteiger partial charge is 0.409 e. The molecule has 1 aromatic heterocycles. The fraction of sp³-hybridized carbons (Fsp3) is 0.727. The maximum absolute atomic E-state index is 12.9. The largest absolute Gasteiger partial charge is 0.449 e. The lowest BCUT2D eigenvalue weighted by atomic mass is 9.84. The zero-order valence-electron chi connectivity index (χ0n) is 20.6. The van der Waals surface area contributed by atoms with Gasteiger partial charge in [0.1, 0.15) is 5.69 Å². The van der Waals surface area contributed by atoms with Gasteiger partial charge < -0.3 is 19.4 Å². The number of Topliss-reactive ketones (excluding diaryl/α,β-unsaturated/α-hetero) is 1. The number of carbonyl (C=O) groups is 3. The maximum Gasteiger partial charge on any atom is 0.409 e. The quantitative estimate of drug-likeness (QED) is 0.311. The standard InChI is InChI=1S/C22H38N4O5Si/c1-14-15(9-11-30-21(29)26(5)6)19(25-24-14)18(27)13-17-16(20(28)23-17)10-12-31-32(7,8)22(2,3)4/h16-17H,9-13H2,1-8H3,(H,23,28)(H,24,25)/t16?,17-/m1/s1. The predicted molar refractivity (Wildman–Crippen MR) is 124 cm³/mol. The Bertz CT molecular complexity index is 844. The summed E-state index contributed by atoms with van der Waals surface area (Å²) < 4.78 is 11.4. The molecule has 2 N–H and O–H groups in total. The highest BCUT2D eigenvalue weighted by molar-refractivity contribution is 6.74. The first-order chi connectivity index (χ1) is 14.7. The molecule has 1 aliphatic heterocycles. The summed E-state index contributed by atoms with van der Waals surface area (Å²) in [6.45, 7) is 13.4. The number of ketones is 1. The molecule has 2 atom stereocenters. The molecule has 0 aromatic carbocycles. The van der Waals surface area contributed by atoms with Crippen LogP contribution in [-0.4, -0.2) is 74.5 Å². The van der Waals surface area contributed by atoms with Crippen LogP contribution in [0.1, 0.15) is 55.4 Å². The molecular formula is C22H38N4O5Si. The zero-order valence-corrected chi connectivity index (χ0v) is 21.6.